The average Bonchev–Trinajstić information content (AvgIpc) is 2.83. The third-order valence-corrected chi connectivity index (χ3v) is 5.97. The van der Waals surface area contributed by atoms with E-state index in [0.29, 0.717) is 6.61 Å². The van der Waals surface area contributed by atoms with Crippen LogP contribution in [0, 0.1) is 13.8 Å². The summed E-state index contributed by atoms with van der Waals surface area (Å²) >= 11 is 0. The van der Waals surface area contributed by atoms with Crippen molar-refractivity contribution in [2.75, 3.05) is 25.1 Å². The maximum atomic E-state index is 11.1. The summed E-state index contributed by atoms with van der Waals surface area (Å²) in [5, 5.41) is 11.1. The Labute approximate surface area is 196 Å². The molecule has 0 radical (unpaired) electrons. The van der Waals surface area contributed by atoms with Gasteiger partial charge >= 0.3 is 0 Å². The van der Waals surface area contributed by atoms with Crippen molar-refractivity contribution >= 4 is 5.69 Å². The lowest BCUT2D eigenvalue weighted by molar-refractivity contribution is 0.313. The molecule has 0 saturated carbocycles. The molecule has 0 aliphatic heterocycles. The number of phenolic OH excluding ortho intramolecular Hbond substituents is 1. The third kappa shape index (κ3) is 5.20. The van der Waals surface area contributed by atoms with Crippen molar-refractivity contribution in [1.29, 1.82) is 0 Å². The minimum Gasteiger partial charge on any atom is -0.507 e. The number of aromatic hydroxyl groups is 1. The second-order valence-electron chi connectivity index (χ2n) is 8.48. The first-order valence-electron chi connectivity index (χ1n) is 11.4. The first-order chi connectivity index (χ1) is 16.0. The van der Waals surface area contributed by atoms with E-state index in [9.17, 15) is 5.11 Å². The predicted octanol–water partition coefficient (Wildman–Crippen LogP) is 7.25. The summed E-state index contributed by atoms with van der Waals surface area (Å²) in [6, 6.07) is 30.4. The van der Waals surface area contributed by atoms with Gasteiger partial charge in [-0.05, 0) is 49.6 Å². The molecule has 0 saturated heterocycles. The molecule has 0 heterocycles. The summed E-state index contributed by atoms with van der Waals surface area (Å²) in [6.07, 6.45) is 0.897. The van der Waals surface area contributed by atoms with Crippen LogP contribution in [-0.4, -0.2) is 25.3 Å². The Balaban J connectivity index is 1.51. The molecule has 168 valence electrons. The number of hydrogen-bond acceptors (Lipinski definition) is 3. The summed E-state index contributed by atoms with van der Waals surface area (Å²) < 4.78 is 6.23. The number of para-hydroxylation sites is 2. The predicted molar refractivity (Wildman–Crippen MR) is 138 cm³/mol. The highest BCUT2D eigenvalue weighted by Gasteiger charge is 2.15. The lowest BCUT2D eigenvalue weighted by Gasteiger charge is -2.21. The highest BCUT2D eigenvalue weighted by atomic mass is 16.5. The largest absolute Gasteiger partial charge is 0.507 e. The molecular formula is C30H31NO2. The standard InChI is InChI=1S/C30H31NO2/c1-22-17-18-29(33-20-10-19-31(3)28-16-8-7-11-23(28)2)27(21-22)26-15-9-14-25(30(26)32)24-12-5-4-6-13-24/h4-9,11-18,21,32H,10,19-20H2,1-3H3. The number of rotatable bonds is 8. The molecule has 3 heteroatoms. The molecule has 0 fully saturated rings. The molecule has 33 heavy (non-hydrogen) atoms. The second kappa shape index (κ2) is 10.3. The van der Waals surface area contributed by atoms with Crippen molar-refractivity contribution in [2.24, 2.45) is 0 Å². The van der Waals surface area contributed by atoms with Gasteiger partial charge in [0.05, 0.1) is 6.61 Å². The summed E-state index contributed by atoms with van der Waals surface area (Å²) in [6.45, 7) is 5.70. The summed E-state index contributed by atoms with van der Waals surface area (Å²) in [5.41, 5.74) is 7.16. The SMILES string of the molecule is Cc1ccc(OCCCN(C)c2ccccc2C)c(-c2cccc(-c3ccccc3)c2O)c1. The first kappa shape index (κ1) is 22.5. The van der Waals surface area contributed by atoms with E-state index in [-0.39, 0.29) is 5.75 Å². The molecule has 3 nitrogen and oxygen atoms in total. The van der Waals surface area contributed by atoms with E-state index in [1.54, 1.807) is 0 Å². The van der Waals surface area contributed by atoms with Gasteiger partial charge in [0.15, 0.2) is 0 Å². The van der Waals surface area contributed by atoms with E-state index in [2.05, 4.69) is 62.2 Å². The van der Waals surface area contributed by atoms with E-state index in [0.717, 1.165) is 46.5 Å². The van der Waals surface area contributed by atoms with Crippen LogP contribution < -0.4 is 9.64 Å². The average molecular weight is 438 g/mol. The van der Waals surface area contributed by atoms with Crippen molar-refractivity contribution in [3.05, 3.63) is 102 Å². The molecule has 0 aliphatic rings. The number of aryl methyl sites for hydroxylation is 2. The molecule has 4 rings (SSSR count). The van der Waals surface area contributed by atoms with Crippen molar-refractivity contribution in [2.45, 2.75) is 20.3 Å². The van der Waals surface area contributed by atoms with Gasteiger partial charge in [-0.25, -0.2) is 0 Å². The Morgan fingerprint density at radius 2 is 1.48 bits per heavy atom. The van der Waals surface area contributed by atoms with Crippen LogP contribution in [0.15, 0.2) is 91.0 Å². The highest BCUT2D eigenvalue weighted by Crippen LogP contribution is 2.41. The zero-order valence-corrected chi connectivity index (χ0v) is 19.6. The summed E-state index contributed by atoms with van der Waals surface area (Å²) in [5.74, 6) is 1.07. The van der Waals surface area contributed by atoms with Gasteiger partial charge in [0.1, 0.15) is 11.5 Å². The molecule has 0 atom stereocenters. The second-order valence-corrected chi connectivity index (χ2v) is 8.48. The number of hydrogen-bond donors (Lipinski definition) is 1. The normalized spacial score (nSPS) is 10.8. The van der Waals surface area contributed by atoms with E-state index < -0.39 is 0 Å². The molecule has 4 aromatic rings. The van der Waals surface area contributed by atoms with E-state index in [1.165, 1.54) is 11.3 Å². The Kier molecular flexibility index (Phi) is 6.99. The number of ether oxygens (including phenoxy) is 1. The Bertz CT molecular complexity index is 1220. The number of nitrogens with zero attached hydrogens (tertiary/aromatic N) is 1. The van der Waals surface area contributed by atoms with Crippen LogP contribution in [-0.2, 0) is 0 Å². The molecule has 0 spiro atoms. The molecule has 1 N–H and O–H groups in total. The minimum atomic E-state index is 0.276. The fourth-order valence-electron chi connectivity index (χ4n) is 4.19. The van der Waals surface area contributed by atoms with Crippen molar-refractivity contribution in [3.8, 4) is 33.8 Å². The maximum Gasteiger partial charge on any atom is 0.131 e. The minimum absolute atomic E-state index is 0.276. The Morgan fingerprint density at radius 3 is 2.27 bits per heavy atom. The molecule has 0 amide bonds. The molecular weight excluding hydrogens is 406 g/mol. The lowest BCUT2D eigenvalue weighted by Crippen LogP contribution is -2.21. The van der Waals surface area contributed by atoms with Crippen LogP contribution in [0.1, 0.15) is 17.5 Å². The van der Waals surface area contributed by atoms with Crippen molar-refractivity contribution in [3.63, 3.8) is 0 Å². The van der Waals surface area contributed by atoms with E-state index in [4.69, 9.17) is 4.74 Å². The Morgan fingerprint density at radius 1 is 0.758 bits per heavy atom. The van der Waals surface area contributed by atoms with Crippen LogP contribution in [0.2, 0.25) is 0 Å². The number of phenols is 1. The van der Waals surface area contributed by atoms with Gasteiger partial charge in [-0.3, -0.25) is 0 Å². The Hall–Kier alpha value is -3.72. The monoisotopic (exact) mass is 437 g/mol. The zero-order chi connectivity index (χ0) is 23.2. The number of anilines is 1. The lowest BCUT2D eigenvalue weighted by atomic mass is 9.96. The van der Waals surface area contributed by atoms with Crippen LogP contribution in [0.25, 0.3) is 22.3 Å². The third-order valence-electron chi connectivity index (χ3n) is 5.97. The summed E-state index contributed by atoms with van der Waals surface area (Å²) in [7, 11) is 2.12. The summed E-state index contributed by atoms with van der Waals surface area (Å²) in [4.78, 5) is 2.27. The van der Waals surface area contributed by atoms with Gasteiger partial charge < -0.3 is 14.7 Å². The smallest absolute Gasteiger partial charge is 0.131 e. The van der Waals surface area contributed by atoms with Gasteiger partial charge in [-0.2, -0.15) is 0 Å². The molecule has 0 aromatic heterocycles. The van der Waals surface area contributed by atoms with Crippen molar-refractivity contribution < 1.29 is 9.84 Å². The van der Waals surface area contributed by atoms with Gasteiger partial charge in [0.2, 0.25) is 0 Å². The topological polar surface area (TPSA) is 32.7 Å². The van der Waals surface area contributed by atoms with Gasteiger partial charge in [-0.1, -0.05) is 78.4 Å². The van der Waals surface area contributed by atoms with Crippen molar-refractivity contribution in [1.82, 2.24) is 0 Å². The molecule has 4 aromatic carbocycles. The first-order valence-corrected chi connectivity index (χ1v) is 11.4. The van der Waals surface area contributed by atoms with E-state index in [1.807, 2.05) is 54.6 Å². The molecule has 0 aliphatic carbocycles. The maximum absolute atomic E-state index is 11.1. The van der Waals surface area contributed by atoms with E-state index >= 15 is 0 Å². The highest BCUT2D eigenvalue weighted by molar-refractivity contribution is 5.84. The van der Waals surface area contributed by atoms with Crippen LogP contribution in [0.3, 0.4) is 0 Å². The van der Waals surface area contributed by atoms with Crippen LogP contribution in [0.5, 0.6) is 11.5 Å². The van der Waals surface area contributed by atoms with Crippen LogP contribution >= 0.6 is 0 Å². The van der Waals surface area contributed by atoms with Crippen LogP contribution in [0.4, 0.5) is 5.69 Å². The van der Waals surface area contributed by atoms with Gasteiger partial charge in [0, 0.05) is 36.0 Å². The van der Waals surface area contributed by atoms with Gasteiger partial charge in [0.25, 0.3) is 0 Å². The fourth-order valence-corrected chi connectivity index (χ4v) is 4.19. The zero-order valence-electron chi connectivity index (χ0n) is 19.6. The quantitative estimate of drug-likeness (QED) is 0.295. The molecule has 0 bridgehead atoms. The fraction of sp³-hybridized carbons (Fsp3) is 0.200. The van der Waals surface area contributed by atoms with Gasteiger partial charge in [-0.15, -0.1) is 0 Å². The molecule has 0 unspecified atom stereocenters. The number of benzene rings is 4.